The van der Waals surface area contributed by atoms with Crippen molar-refractivity contribution in [3.63, 3.8) is 0 Å². The van der Waals surface area contributed by atoms with Gasteiger partial charge in [0.25, 0.3) is 5.56 Å². The molecule has 6 nitrogen and oxygen atoms in total. The summed E-state index contributed by atoms with van der Waals surface area (Å²) in [5.74, 6) is 0.506. The summed E-state index contributed by atoms with van der Waals surface area (Å²) in [5.41, 5.74) is 3.22. The second-order valence-corrected chi connectivity index (χ2v) is 6.44. The summed E-state index contributed by atoms with van der Waals surface area (Å²) in [6.07, 6.45) is 4.67. The van der Waals surface area contributed by atoms with E-state index < -0.39 is 0 Å². The van der Waals surface area contributed by atoms with E-state index in [0.29, 0.717) is 29.6 Å². The van der Waals surface area contributed by atoms with Crippen molar-refractivity contribution in [3.8, 4) is 11.5 Å². The molecule has 1 aliphatic heterocycles. The molecule has 3 aromatic rings. The molecule has 0 unspecified atom stereocenters. The second kappa shape index (κ2) is 6.82. The van der Waals surface area contributed by atoms with Gasteiger partial charge in [-0.3, -0.25) is 9.36 Å². The summed E-state index contributed by atoms with van der Waals surface area (Å²) < 4.78 is 7.13. The van der Waals surface area contributed by atoms with Crippen LogP contribution in [0.2, 0.25) is 5.02 Å². The van der Waals surface area contributed by atoms with Crippen LogP contribution in [0, 0.1) is 0 Å². The van der Waals surface area contributed by atoms with Crippen LogP contribution in [0.1, 0.15) is 17.0 Å². The van der Waals surface area contributed by atoms with E-state index in [1.807, 2.05) is 12.1 Å². The van der Waals surface area contributed by atoms with Gasteiger partial charge in [0.15, 0.2) is 0 Å². The first-order valence-electron chi connectivity index (χ1n) is 8.19. The molecule has 3 heterocycles. The standard InChI is InChI=1S/C18H17ClN4O2/c19-13-3-1-12(2-4-13)17-22-14(10-25-17)9-23-11-21-16-6-8-20-7-5-15(16)18(23)24/h1-4,10-11,20H,5-9H2. The number of aromatic nitrogens is 3. The largest absolute Gasteiger partial charge is 0.444 e. The summed E-state index contributed by atoms with van der Waals surface area (Å²) in [6.45, 7) is 2.00. The van der Waals surface area contributed by atoms with Gasteiger partial charge in [-0.15, -0.1) is 0 Å². The molecule has 1 N–H and O–H groups in total. The molecule has 2 aromatic heterocycles. The van der Waals surface area contributed by atoms with Crippen LogP contribution in [-0.4, -0.2) is 27.6 Å². The maximum Gasteiger partial charge on any atom is 0.257 e. The third-order valence-electron chi connectivity index (χ3n) is 4.29. The van der Waals surface area contributed by atoms with Crippen molar-refractivity contribution in [1.82, 2.24) is 19.9 Å². The van der Waals surface area contributed by atoms with Crippen LogP contribution < -0.4 is 10.9 Å². The normalized spacial score (nSPS) is 14.1. The van der Waals surface area contributed by atoms with Crippen LogP contribution in [0.15, 0.2) is 46.1 Å². The highest BCUT2D eigenvalue weighted by atomic mass is 35.5. The lowest BCUT2D eigenvalue weighted by atomic mass is 10.1. The first kappa shape index (κ1) is 16.1. The molecular formula is C18H17ClN4O2. The zero-order valence-corrected chi connectivity index (χ0v) is 14.3. The molecule has 1 aromatic carbocycles. The minimum Gasteiger partial charge on any atom is -0.444 e. The van der Waals surface area contributed by atoms with Crippen molar-refractivity contribution in [2.45, 2.75) is 19.4 Å². The molecule has 0 amide bonds. The van der Waals surface area contributed by atoms with Crippen LogP contribution >= 0.6 is 11.6 Å². The molecule has 0 fully saturated rings. The third kappa shape index (κ3) is 3.36. The molecule has 0 bridgehead atoms. The lowest BCUT2D eigenvalue weighted by Crippen LogP contribution is -2.27. The summed E-state index contributed by atoms with van der Waals surface area (Å²) in [5, 5.41) is 3.95. The van der Waals surface area contributed by atoms with E-state index in [1.165, 1.54) is 0 Å². The van der Waals surface area contributed by atoms with E-state index in [9.17, 15) is 4.79 Å². The number of nitrogens with one attached hydrogen (secondary N) is 1. The fourth-order valence-electron chi connectivity index (χ4n) is 2.97. The SMILES string of the molecule is O=c1c2c(ncn1Cc1coc(-c3ccc(Cl)cc3)n1)CCNCC2. The third-order valence-corrected chi connectivity index (χ3v) is 4.54. The Labute approximate surface area is 149 Å². The molecule has 25 heavy (non-hydrogen) atoms. The van der Waals surface area contributed by atoms with E-state index in [4.69, 9.17) is 16.0 Å². The average Bonchev–Trinajstić information content (AvgIpc) is 2.94. The maximum atomic E-state index is 12.7. The Balaban J connectivity index is 1.60. The van der Waals surface area contributed by atoms with E-state index in [0.717, 1.165) is 36.3 Å². The van der Waals surface area contributed by atoms with Gasteiger partial charge in [-0.2, -0.15) is 0 Å². The number of hydrogen-bond acceptors (Lipinski definition) is 5. The van der Waals surface area contributed by atoms with E-state index in [-0.39, 0.29) is 5.56 Å². The van der Waals surface area contributed by atoms with Gasteiger partial charge in [-0.1, -0.05) is 11.6 Å². The fourth-order valence-corrected chi connectivity index (χ4v) is 3.10. The van der Waals surface area contributed by atoms with Crippen molar-refractivity contribution in [3.05, 3.63) is 69.2 Å². The molecule has 128 valence electrons. The first-order chi connectivity index (χ1) is 12.2. The van der Waals surface area contributed by atoms with Crippen LogP contribution in [0.3, 0.4) is 0 Å². The minimum atomic E-state index is 0.00439. The monoisotopic (exact) mass is 356 g/mol. The zero-order chi connectivity index (χ0) is 17.2. The van der Waals surface area contributed by atoms with Gasteiger partial charge in [0.05, 0.1) is 24.3 Å². The van der Waals surface area contributed by atoms with Gasteiger partial charge in [0, 0.05) is 29.1 Å². The molecule has 0 spiro atoms. The predicted octanol–water partition coefficient (Wildman–Crippen LogP) is 2.29. The van der Waals surface area contributed by atoms with Gasteiger partial charge in [-0.05, 0) is 37.2 Å². The summed E-state index contributed by atoms with van der Waals surface area (Å²) >= 11 is 5.90. The van der Waals surface area contributed by atoms with E-state index >= 15 is 0 Å². The Morgan fingerprint density at radius 3 is 2.84 bits per heavy atom. The van der Waals surface area contributed by atoms with Crippen molar-refractivity contribution in [1.29, 1.82) is 0 Å². The van der Waals surface area contributed by atoms with Crippen LogP contribution in [0.4, 0.5) is 0 Å². The number of fused-ring (bicyclic) bond motifs is 1. The molecule has 0 atom stereocenters. The minimum absolute atomic E-state index is 0.00439. The van der Waals surface area contributed by atoms with Gasteiger partial charge in [0.1, 0.15) is 6.26 Å². The predicted molar refractivity (Wildman–Crippen MR) is 94.8 cm³/mol. The number of benzene rings is 1. The van der Waals surface area contributed by atoms with Crippen LogP contribution in [-0.2, 0) is 19.4 Å². The Morgan fingerprint density at radius 2 is 2.00 bits per heavy atom. The van der Waals surface area contributed by atoms with Crippen LogP contribution in [0.25, 0.3) is 11.5 Å². The highest BCUT2D eigenvalue weighted by Crippen LogP contribution is 2.21. The smallest absolute Gasteiger partial charge is 0.257 e. The molecule has 1 aliphatic rings. The highest BCUT2D eigenvalue weighted by molar-refractivity contribution is 6.30. The molecule has 0 saturated heterocycles. The van der Waals surface area contributed by atoms with E-state index in [2.05, 4.69) is 15.3 Å². The number of rotatable bonds is 3. The van der Waals surface area contributed by atoms with Gasteiger partial charge >= 0.3 is 0 Å². The average molecular weight is 357 g/mol. The summed E-state index contributed by atoms with van der Waals surface area (Å²) in [4.78, 5) is 21.6. The molecule has 0 saturated carbocycles. The van der Waals surface area contributed by atoms with Crippen molar-refractivity contribution >= 4 is 11.6 Å². The topological polar surface area (TPSA) is 73.0 Å². The second-order valence-electron chi connectivity index (χ2n) is 6.00. The number of halogens is 1. The van der Waals surface area contributed by atoms with E-state index in [1.54, 1.807) is 29.3 Å². The fraction of sp³-hybridized carbons (Fsp3) is 0.278. The van der Waals surface area contributed by atoms with Gasteiger partial charge in [-0.25, -0.2) is 9.97 Å². The maximum absolute atomic E-state index is 12.7. The number of nitrogens with zero attached hydrogens (tertiary/aromatic N) is 3. The van der Waals surface area contributed by atoms with Crippen molar-refractivity contribution in [2.75, 3.05) is 13.1 Å². The molecular weight excluding hydrogens is 340 g/mol. The van der Waals surface area contributed by atoms with Crippen molar-refractivity contribution < 1.29 is 4.42 Å². The first-order valence-corrected chi connectivity index (χ1v) is 8.57. The zero-order valence-electron chi connectivity index (χ0n) is 13.5. The lowest BCUT2D eigenvalue weighted by Gasteiger charge is -2.08. The molecule has 0 aliphatic carbocycles. The van der Waals surface area contributed by atoms with Crippen molar-refractivity contribution in [2.24, 2.45) is 0 Å². The summed E-state index contributed by atoms with van der Waals surface area (Å²) in [6, 6.07) is 7.27. The van der Waals surface area contributed by atoms with Crippen LogP contribution in [0.5, 0.6) is 0 Å². The van der Waals surface area contributed by atoms with Gasteiger partial charge in [0.2, 0.25) is 5.89 Å². The Kier molecular flexibility index (Phi) is 4.38. The highest BCUT2D eigenvalue weighted by Gasteiger charge is 2.15. The Bertz CT molecular complexity index is 946. The molecule has 0 radical (unpaired) electrons. The number of oxazole rings is 1. The number of hydrogen-bond donors (Lipinski definition) is 1. The van der Waals surface area contributed by atoms with Gasteiger partial charge < -0.3 is 9.73 Å². The molecule has 7 heteroatoms. The Hall–Kier alpha value is -2.44. The Morgan fingerprint density at radius 1 is 1.20 bits per heavy atom. The lowest BCUT2D eigenvalue weighted by molar-refractivity contribution is 0.570. The quantitative estimate of drug-likeness (QED) is 0.779. The summed E-state index contributed by atoms with van der Waals surface area (Å²) in [7, 11) is 0. The molecule has 4 rings (SSSR count).